The van der Waals surface area contributed by atoms with E-state index in [1.807, 2.05) is 4.90 Å². The van der Waals surface area contributed by atoms with Gasteiger partial charge in [-0.1, -0.05) is 11.6 Å². The fourth-order valence-electron chi connectivity index (χ4n) is 4.81. The second-order valence-corrected chi connectivity index (χ2v) is 8.25. The predicted molar refractivity (Wildman–Crippen MR) is 95.9 cm³/mol. The van der Waals surface area contributed by atoms with E-state index in [-0.39, 0.29) is 18.1 Å². The Balaban J connectivity index is 1.38. The van der Waals surface area contributed by atoms with Crippen LogP contribution in [-0.2, 0) is 9.53 Å². The highest BCUT2D eigenvalue weighted by molar-refractivity contribution is 6.30. The first kappa shape index (κ1) is 17.1. The molecule has 2 bridgehead atoms. The maximum Gasteiger partial charge on any atom is 0.260 e. The first-order chi connectivity index (χ1) is 12.0. The van der Waals surface area contributed by atoms with Crippen LogP contribution >= 0.6 is 11.6 Å². The van der Waals surface area contributed by atoms with Gasteiger partial charge in [0.15, 0.2) is 6.61 Å². The van der Waals surface area contributed by atoms with Crippen molar-refractivity contribution < 1.29 is 14.3 Å². The number of fused-ring (bicyclic) bond motifs is 1. The monoisotopic (exact) mass is 364 g/mol. The lowest BCUT2D eigenvalue weighted by Crippen LogP contribution is -2.40. The van der Waals surface area contributed by atoms with E-state index < -0.39 is 0 Å². The van der Waals surface area contributed by atoms with Crippen molar-refractivity contribution >= 4 is 17.5 Å². The first-order valence-corrected chi connectivity index (χ1v) is 9.33. The Morgan fingerprint density at radius 2 is 2.16 bits per heavy atom. The summed E-state index contributed by atoms with van der Waals surface area (Å²) in [6.07, 6.45) is 2.57. The van der Waals surface area contributed by atoms with Crippen LogP contribution in [0.1, 0.15) is 12.8 Å². The van der Waals surface area contributed by atoms with Crippen molar-refractivity contribution in [3.63, 3.8) is 0 Å². The molecule has 0 saturated carbocycles. The van der Waals surface area contributed by atoms with Gasteiger partial charge in [0.1, 0.15) is 5.75 Å². The van der Waals surface area contributed by atoms with Crippen LogP contribution in [0.5, 0.6) is 5.75 Å². The molecule has 4 atom stereocenters. The number of ether oxygens (including phenoxy) is 2. The zero-order valence-corrected chi connectivity index (χ0v) is 15.5. The van der Waals surface area contributed by atoms with Gasteiger partial charge in [-0.3, -0.25) is 4.79 Å². The molecule has 3 aliphatic rings. The molecule has 3 saturated heterocycles. The van der Waals surface area contributed by atoms with Gasteiger partial charge < -0.3 is 19.3 Å². The predicted octanol–water partition coefficient (Wildman–Crippen LogP) is 2.29. The smallest absolute Gasteiger partial charge is 0.260 e. The lowest BCUT2D eigenvalue weighted by molar-refractivity contribution is -0.133. The van der Waals surface area contributed by atoms with Gasteiger partial charge in [0.05, 0.1) is 18.2 Å². The van der Waals surface area contributed by atoms with Crippen LogP contribution in [0, 0.1) is 11.8 Å². The van der Waals surface area contributed by atoms with Crippen LogP contribution in [0.15, 0.2) is 24.3 Å². The average Bonchev–Trinajstić information content (AvgIpc) is 3.23. The van der Waals surface area contributed by atoms with E-state index in [0.717, 1.165) is 25.9 Å². The number of amides is 1. The van der Waals surface area contributed by atoms with E-state index in [1.165, 1.54) is 0 Å². The Kier molecular flexibility index (Phi) is 4.42. The molecular weight excluding hydrogens is 340 g/mol. The summed E-state index contributed by atoms with van der Waals surface area (Å²) < 4.78 is 12.0. The van der Waals surface area contributed by atoms with Crippen molar-refractivity contribution in [2.45, 2.75) is 24.5 Å². The highest BCUT2D eigenvalue weighted by Crippen LogP contribution is 2.54. The number of carbonyl (C=O) groups excluding carboxylic acids is 1. The van der Waals surface area contributed by atoms with E-state index in [2.05, 4.69) is 19.0 Å². The Hall–Kier alpha value is -1.30. The Labute approximate surface area is 153 Å². The van der Waals surface area contributed by atoms with Gasteiger partial charge >= 0.3 is 0 Å². The highest BCUT2D eigenvalue weighted by atomic mass is 35.5. The molecule has 3 heterocycles. The number of carbonyl (C=O) groups is 1. The van der Waals surface area contributed by atoms with Crippen LogP contribution in [0.4, 0.5) is 0 Å². The normalized spacial score (nSPS) is 33.1. The molecular formula is C19H25ClN2O3. The van der Waals surface area contributed by atoms with Crippen LogP contribution < -0.4 is 4.74 Å². The van der Waals surface area contributed by atoms with E-state index in [4.69, 9.17) is 21.1 Å². The van der Waals surface area contributed by atoms with Gasteiger partial charge in [0.2, 0.25) is 0 Å². The van der Waals surface area contributed by atoms with Gasteiger partial charge in [0.25, 0.3) is 5.91 Å². The molecule has 1 spiro atoms. The van der Waals surface area contributed by atoms with Crippen molar-refractivity contribution in [3.8, 4) is 5.75 Å². The number of benzene rings is 1. The fourth-order valence-corrected chi connectivity index (χ4v) is 4.94. The van der Waals surface area contributed by atoms with Crippen LogP contribution in [0.3, 0.4) is 0 Å². The molecule has 4 rings (SSSR count). The van der Waals surface area contributed by atoms with E-state index >= 15 is 0 Å². The quantitative estimate of drug-likeness (QED) is 0.804. The summed E-state index contributed by atoms with van der Waals surface area (Å²) in [7, 11) is 4.22. The van der Waals surface area contributed by atoms with Gasteiger partial charge in [-0.05, 0) is 51.2 Å². The number of nitrogens with zero attached hydrogens (tertiary/aromatic N) is 2. The fraction of sp³-hybridized carbons (Fsp3) is 0.632. The zero-order valence-electron chi connectivity index (χ0n) is 14.8. The second-order valence-electron chi connectivity index (χ2n) is 7.81. The third-order valence-corrected chi connectivity index (χ3v) is 6.14. The minimum atomic E-state index is -0.110. The largest absolute Gasteiger partial charge is 0.484 e. The van der Waals surface area contributed by atoms with Crippen LogP contribution in [0.2, 0.25) is 5.02 Å². The molecule has 0 aromatic heterocycles. The second kappa shape index (κ2) is 6.45. The molecule has 3 aliphatic heterocycles. The topological polar surface area (TPSA) is 42.0 Å². The summed E-state index contributed by atoms with van der Waals surface area (Å²) in [6, 6.07) is 7.09. The molecule has 1 aromatic carbocycles. The maximum atomic E-state index is 12.6. The lowest BCUT2D eigenvalue weighted by atomic mass is 9.73. The summed E-state index contributed by atoms with van der Waals surface area (Å²) >= 11 is 5.87. The summed E-state index contributed by atoms with van der Waals surface area (Å²) in [5, 5.41) is 0.657. The third kappa shape index (κ3) is 3.14. The molecule has 1 amide bonds. The Morgan fingerprint density at radius 1 is 1.40 bits per heavy atom. The molecule has 136 valence electrons. The molecule has 1 aromatic rings. The molecule has 0 unspecified atom stereocenters. The van der Waals surface area contributed by atoms with Crippen LogP contribution in [-0.4, -0.2) is 67.7 Å². The molecule has 25 heavy (non-hydrogen) atoms. The van der Waals surface area contributed by atoms with Gasteiger partial charge in [0, 0.05) is 29.9 Å². The Bertz CT molecular complexity index is 651. The van der Waals surface area contributed by atoms with Gasteiger partial charge in [-0.15, -0.1) is 0 Å². The SMILES string of the molecule is CN(C)C[C@H]1[C@H]2CN(C(=O)COc3ccc(Cl)cc3)C[C@]23CC[C@H]1O3. The molecule has 3 fully saturated rings. The minimum Gasteiger partial charge on any atom is -0.484 e. The maximum absolute atomic E-state index is 12.6. The average molecular weight is 365 g/mol. The minimum absolute atomic E-state index is 0.0365. The molecule has 6 heteroatoms. The van der Waals surface area contributed by atoms with Crippen molar-refractivity contribution in [3.05, 3.63) is 29.3 Å². The van der Waals surface area contributed by atoms with E-state index in [9.17, 15) is 4.79 Å². The molecule has 0 aliphatic carbocycles. The number of likely N-dealkylation sites (tertiary alicyclic amines) is 1. The molecule has 0 radical (unpaired) electrons. The summed E-state index contributed by atoms with van der Waals surface area (Å²) in [6.45, 7) is 2.59. The summed E-state index contributed by atoms with van der Waals surface area (Å²) in [5.74, 6) is 1.68. The number of halogens is 1. The Morgan fingerprint density at radius 3 is 2.88 bits per heavy atom. The third-order valence-electron chi connectivity index (χ3n) is 5.89. The lowest BCUT2D eigenvalue weighted by Gasteiger charge is -2.30. The molecule has 5 nitrogen and oxygen atoms in total. The molecule has 0 N–H and O–H groups in total. The van der Waals surface area contributed by atoms with Crippen molar-refractivity contribution in [1.29, 1.82) is 0 Å². The number of hydrogen-bond donors (Lipinski definition) is 0. The number of hydrogen-bond acceptors (Lipinski definition) is 4. The van der Waals surface area contributed by atoms with Crippen molar-refractivity contribution in [2.75, 3.05) is 40.3 Å². The summed E-state index contributed by atoms with van der Waals surface area (Å²) in [4.78, 5) is 16.8. The highest BCUT2D eigenvalue weighted by Gasteiger charge is 2.63. The number of rotatable bonds is 5. The van der Waals surface area contributed by atoms with Gasteiger partial charge in [-0.2, -0.15) is 0 Å². The summed E-state index contributed by atoms with van der Waals surface area (Å²) in [5.41, 5.74) is -0.110. The first-order valence-electron chi connectivity index (χ1n) is 8.95. The van der Waals surface area contributed by atoms with E-state index in [0.29, 0.717) is 35.3 Å². The van der Waals surface area contributed by atoms with E-state index in [1.54, 1.807) is 24.3 Å². The zero-order chi connectivity index (χ0) is 17.6. The van der Waals surface area contributed by atoms with Crippen LogP contribution in [0.25, 0.3) is 0 Å². The van der Waals surface area contributed by atoms with Crippen molar-refractivity contribution in [2.24, 2.45) is 11.8 Å². The standard InChI is InChI=1S/C19H25ClN2O3/c1-21(2)9-15-16-10-22(12-19(16)8-7-17(15)25-19)18(23)11-24-14-5-3-13(20)4-6-14/h3-6,15-17H,7-12H2,1-2H3/t15-,16+,17+,19+/m0/s1. The van der Waals surface area contributed by atoms with Gasteiger partial charge in [-0.25, -0.2) is 0 Å². The van der Waals surface area contributed by atoms with Crippen molar-refractivity contribution in [1.82, 2.24) is 9.80 Å².